The number of carbonyl (C=O) groups excluding carboxylic acids is 1. The predicted molar refractivity (Wildman–Crippen MR) is 71.0 cm³/mol. The van der Waals surface area contributed by atoms with Gasteiger partial charge in [0.2, 0.25) is 5.91 Å². The number of anilines is 1. The van der Waals surface area contributed by atoms with Gasteiger partial charge < -0.3 is 9.80 Å². The summed E-state index contributed by atoms with van der Waals surface area (Å²) in [5.74, 6) is -0.0949. The smallest absolute Gasteiger partial charge is 0.219 e. The lowest BCUT2D eigenvalue weighted by Crippen LogP contribution is -2.69. The van der Waals surface area contributed by atoms with Crippen LogP contribution >= 0.6 is 15.9 Å². The number of rotatable bonds is 1. The number of benzene rings is 1. The quantitative estimate of drug-likeness (QED) is 0.795. The van der Waals surface area contributed by atoms with Gasteiger partial charge in [0.25, 0.3) is 0 Å². The number of carbonyl (C=O) groups is 1. The Morgan fingerprint density at radius 1 is 1.39 bits per heavy atom. The van der Waals surface area contributed by atoms with Crippen LogP contribution in [-0.4, -0.2) is 36.0 Å². The summed E-state index contributed by atoms with van der Waals surface area (Å²) in [6.45, 7) is 3.00. The summed E-state index contributed by atoms with van der Waals surface area (Å²) in [6.07, 6.45) is 1.05. The van der Waals surface area contributed by atoms with Gasteiger partial charge in [-0.2, -0.15) is 0 Å². The minimum Gasteiger partial charge on any atom is -0.359 e. The zero-order chi connectivity index (χ0) is 12.9. The van der Waals surface area contributed by atoms with Gasteiger partial charge in [-0.3, -0.25) is 4.79 Å². The monoisotopic (exact) mass is 312 g/mol. The molecule has 0 saturated carbocycles. The maximum atomic E-state index is 14.1. The first-order valence-corrected chi connectivity index (χ1v) is 6.85. The van der Waals surface area contributed by atoms with Crippen molar-refractivity contribution >= 4 is 27.5 Å². The Morgan fingerprint density at radius 3 is 2.67 bits per heavy atom. The molecule has 0 aromatic heterocycles. The van der Waals surface area contributed by atoms with E-state index in [4.69, 9.17) is 0 Å². The number of piperazine rings is 1. The third-order valence-electron chi connectivity index (χ3n) is 3.85. The van der Waals surface area contributed by atoms with Gasteiger partial charge in [-0.25, -0.2) is 4.39 Å². The number of fused-ring (bicyclic) bond motifs is 2. The van der Waals surface area contributed by atoms with Crippen molar-refractivity contribution in [3.8, 4) is 0 Å². The van der Waals surface area contributed by atoms with E-state index < -0.39 is 0 Å². The largest absolute Gasteiger partial charge is 0.359 e. The van der Waals surface area contributed by atoms with Crippen molar-refractivity contribution in [1.82, 2.24) is 4.90 Å². The highest BCUT2D eigenvalue weighted by molar-refractivity contribution is 9.10. The molecule has 3 aliphatic heterocycles. The fraction of sp³-hybridized carbons (Fsp3) is 0.462. The molecule has 5 heteroatoms. The SMILES string of the molecule is CC(=O)N1CC2CC(C1)N2c1cccc(Br)c1F. The Bertz CT molecular complexity index is 496. The number of hydrogen-bond acceptors (Lipinski definition) is 2. The zero-order valence-electron chi connectivity index (χ0n) is 10.1. The molecule has 2 atom stereocenters. The van der Waals surface area contributed by atoms with E-state index in [1.54, 1.807) is 13.0 Å². The van der Waals surface area contributed by atoms with Gasteiger partial charge in [0.15, 0.2) is 5.82 Å². The van der Waals surface area contributed by atoms with E-state index >= 15 is 0 Å². The lowest BCUT2D eigenvalue weighted by atomic mass is 9.86. The lowest BCUT2D eigenvalue weighted by molar-refractivity contribution is -0.131. The summed E-state index contributed by atoms with van der Waals surface area (Å²) in [6, 6.07) is 5.88. The Hall–Kier alpha value is -1.10. The van der Waals surface area contributed by atoms with Gasteiger partial charge in [-0.15, -0.1) is 0 Å². The van der Waals surface area contributed by atoms with Crippen LogP contribution in [0.25, 0.3) is 0 Å². The van der Waals surface area contributed by atoms with Gasteiger partial charge in [0.1, 0.15) is 0 Å². The molecule has 96 valence electrons. The molecule has 18 heavy (non-hydrogen) atoms. The van der Waals surface area contributed by atoms with Gasteiger partial charge in [0, 0.05) is 32.1 Å². The van der Waals surface area contributed by atoms with E-state index in [-0.39, 0.29) is 23.8 Å². The van der Waals surface area contributed by atoms with Gasteiger partial charge in [-0.1, -0.05) is 6.07 Å². The van der Waals surface area contributed by atoms with Gasteiger partial charge >= 0.3 is 0 Å². The number of hydrogen-bond donors (Lipinski definition) is 0. The van der Waals surface area contributed by atoms with E-state index in [1.807, 2.05) is 17.0 Å². The normalized spacial score (nSPS) is 25.9. The average Bonchev–Trinajstić information content (AvgIpc) is 2.35. The second-order valence-electron chi connectivity index (χ2n) is 4.95. The number of halogens is 2. The van der Waals surface area contributed by atoms with Crippen LogP contribution in [0, 0.1) is 5.82 Å². The molecule has 3 nitrogen and oxygen atoms in total. The van der Waals surface area contributed by atoms with Crippen LogP contribution in [0.1, 0.15) is 13.3 Å². The maximum absolute atomic E-state index is 14.1. The molecular weight excluding hydrogens is 299 g/mol. The van der Waals surface area contributed by atoms with Crippen LogP contribution in [0.5, 0.6) is 0 Å². The molecule has 0 aliphatic carbocycles. The molecule has 1 aromatic rings. The van der Waals surface area contributed by atoms with Crippen LogP contribution in [0.15, 0.2) is 22.7 Å². The number of nitrogens with zero attached hydrogens (tertiary/aromatic N) is 2. The first-order valence-electron chi connectivity index (χ1n) is 6.06. The van der Waals surface area contributed by atoms with E-state index in [1.165, 1.54) is 0 Å². The number of amides is 1. The van der Waals surface area contributed by atoms with Crippen molar-refractivity contribution in [3.63, 3.8) is 0 Å². The van der Waals surface area contributed by atoms with Crippen molar-refractivity contribution < 1.29 is 9.18 Å². The molecule has 1 amide bonds. The summed E-state index contributed by atoms with van der Waals surface area (Å²) < 4.78 is 14.6. The van der Waals surface area contributed by atoms with Crippen LogP contribution in [0.4, 0.5) is 10.1 Å². The van der Waals surface area contributed by atoms with Crippen LogP contribution in [0.2, 0.25) is 0 Å². The molecule has 3 fully saturated rings. The van der Waals surface area contributed by atoms with Gasteiger partial charge in [-0.05, 0) is 34.5 Å². The fourth-order valence-corrected chi connectivity index (χ4v) is 3.31. The second kappa shape index (κ2) is 4.23. The van der Waals surface area contributed by atoms with Crippen molar-refractivity contribution in [2.75, 3.05) is 18.0 Å². The van der Waals surface area contributed by atoms with Crippen LogP contribution in [0.3, 0.4) is 0 Å². The molecule has 3 heterocycles. The summed E-state index contributed by atoms with van der Waals surface area (Å²) in [5.41, 5.74) is 0.647. The summed E-state index contributed by atoms with van der Waals surface area (Å²) in [5, 5.41) is 0. The topological polar surface area (TPSA) is 23.6 Å². The van der Waals surface area contributed by atoms with Crippen LogP contribution < -0.4 is 4.90 Å². The van der Waals surface area contributed by atoms with Crippen LogP contribution in [-0.2, 0) is 4.79 Å². The second-order valence-corrected chi connectivity index (χ2v) is 5.80. The average molecular weight is 313 g/mol. The Balaban J connectivity index is 1.85. The van der Waals surface area contributed by atoms with E-state index in [9.17, 15) is 9.18 Å². The molecule has 3 saturated heterocycles. The molecule has 0 N–H and O–H groups in total. The van der Waals surface area contributed by atoms with Crippen molar-refractivity contribution in [2.24, 2.45) is 0 Å². The van der Waals surface area contributed by atoms with Crippen molar-refractivity contribution in [2.45, 2.75) is 25.4 Å². The zero-order valence-corrected chi connectivity index (χ0v) is 11.7. The summed E-state index contributed by atoms with van der Waals surface area (Å²) in [7, 11) is 0. The van der Waals surface area contributed by atoms with E-state index in [2.05, 4.69) is 20.8 Å². The Kier molecular flexibility index (Phi) is 2.81. The fourth-order valence-electron chi connectivity index (χ4n) is 2.95. The molecule has 0 spiro atoms. The molecule has 3 aliphatic rings. The lowest BCUT2D eigenvalue weighted by Gasteiger charge is -2.57. The summed E-state index contributed by atoms with van der Waals surface area (Å²) in [4.78, 5) is 15.3. The molecular formula is C13H14BrFN2O. The Labute approximate surface area is 114 Å². The minimum absolute atomic E-state index is 0.110. The van der Waals surface area contributed by atoms with Crippen molar-refractivity contribution in [1.29, 1.82) is 0 Å². The molecule has 1 aromatic carbocycles. The highest BCUT2D eigenvalue weighted by Crippen LogP contribution is 2.39. The molecule has 2 unspecified atom stereocenters. The molecule has 4 rings (SSSR count). The van der Waals surface area contributed by atoms with E-state index in [0.29, 0.717) is 23.2 Å². The third-order valence-corrected chi connectivity index (χ3v) is 4.46. The predicted octanol–water partition coefficient (Wildman–Crippen LogP) is 2.40. The first-order chi connectivity index (χ1) is 8.58. The Morgan fingerprint density at radius 2 is 2.06 bits per heavy atom. The number of piperidine rings is 1. The maximum Gasteiger partial charge on any atom is 0.219 e. The molecule has 0 radical (unpaired) electrons. The summed E-state index contributed by atoms with van der Waals surface area (Å²) >= 11 is 3.22. The van der Waals surface area contributed by atoms with E-state index in [0.717, 1.165) is 6.42 Å². The third kappa shape index (κ3) is 1.72. The molecule has 2 bridgehead atoms. The minimum atomic E-state index is -0.205. The standard InChI is InChI=1S/C13H14BrFN2O/c1-8(18)16-6-9-5-10(7-16)17(9)12-4-2-3-11(14)13(12)15/h2-4,9-10H,5-7H2,1H3. The van der Waals surface area contributed by atoms with Gasteiger partial charge in [0.05, 0.1) is 10.2 Å². The highest BCUT2D eigenvalue weighted by atomic mass is 79.9. The van der Waals surface area contributed by atoms with Crippen molar-refractivity contribution in [3.05, 3.63) is 28.5 Å². The first kappa shape index (κ1) is 12.0. The highest BCUT2D eigenvalue weighted by Gasteiger charge is 2.46.